The molecule has 2 aromatic heterocycles. The zero-order valence-electron chi connectivity index (χ0n) is 22.0. The molecule has 0 fully saturated rings. The van der Waals surface area contributed by atoms with Crippen molar-refractivity contribution in [2.75, 3.05) is 23.8 Å². The fourth-order valence-corrected chi connectivity index (χ4v) is 4.55. The zero-order valence-corrected chi connectivity index (χ0v) is 22.0. The van der Waals surface area contributed by atoms with E-state index in [1.165, 1.54) is 6.20 Å². The molecule has 0 aliphatic rings. The minimum atomic E-state index is -0.564. The Bertz CT molecular complexity index is 1410. The van der Waals surface area contributed by atoms with Gasteiger partial charge in [-0.25, -0.2) is 0 Å². The summed E-state index contributed by atoms with van der Waals surface area (Å²) >= 11 is 0. The highest BCUT2D eigenvalue weighted by Gasteiger charge is 2.19. The molecule has 2 aromatic carbocycles. The topological polar surface area (TPSA) is 112 Å². The summed E-state index contributed by atoms with van der Waals surface area (Å²) in [5, 5.41) is 7.74. The lowest BCUT2D eigenvalue weighted by Crippen LogP contribution is -2.15. The Morgan fingerprint density at radius 3 is 2.41 bits per heavy atom. The van der Waals surface area contributed by atoms with Crippen LogP contribution in [0.25, 0.3) is 10.9 Å². The number of amides is 1. The third-order valence-corrected chi connectivity index (χ3v) is 6.30. The Morgan fingerprint density at radius 2 is 1.78 bits per heavy atom. The molecule has 4 N–H and O–H groups in total. The minimum Gasteiger partial charge on any atom is -0.490 e. The lowest BCUT2D eigenvalue weighted by atomic mass is 10.0. The number of aromatic nitrogens is 1. The molecule has 4 rings (SSSR count). The highest BCUT2D eigenvalue weighted by molar-refractivity contribution is 6.08. The molecule has 194 valence electrons. The second-order valence-electron chi connectivity index (χ2n) is 8.72. The number of nitrogens with one attached hydrogen (secondary N) is 2. The molecule has 8 heteroatoms. The summed E-state index contributed by atoms with van der Waals surface area (Å²) in [6.45, 7) is 11.5. The molecule has 0 spiro atoms. The van der Waals surface area contributed by atoms with Crippen molar-refractivity contribution in [3.63, 3.8) is 0 Å². The van der Waals surface area contributed by atoms with Gasteiger partial charge in [-0.05, 0) is 57.4 Å². The van der Waals surface area contributed by atoms with Crippen molar-refractivity contribution in [2.45, 2.75) is 47.6 Å². The van der Waals surface area contributed by atoms with Gasteiger partial charge in [0, 0.05) is 35.4 Å². The first-order valence-electron chi connectivity index (χ1n) is 12.6. The van der Waals surface area contributed by atoms with Gasteiger partial charge in [0.25, 0.3) is 5.91 Å². The lowest BCUT2D eigenvalue weighted by molar-refractivity contribution is 0.100. The summed E-state index contributed by atoms with van der Waals surface area (Å²) in [5.41, 5.74) is 12.6. The first-order valence-corrected chi connectivity index (χ1v) is 12.6. The van der Waals surface area contributed by atoms with Crippen LogP contribution in [0, 0.1) is 13.8 Å². The number of nitrogens with zero attached hydrogens (tertiary/aromatic N) is 1. The number of carbonyl (C=O) groups is 1. The maximum Gasteiger partial charge on any atom is 0.252 e. The summed E-state index contributed by atoms with van der Waals surface area (Å²) in [6, 6.07) is 9.79. The van der Waals surface area contributed by atoms with E-state index in [0.29, 0.717) is 48.0 Å². The normalized spacial score (nSPS) is 10.9. The fraction of sp³-hybridized carbons (Fsp3) is 0.310. The zero-order chi connectivity index (χ0) is 26.5. The Hall–Kier alpha value is -4.20. The van der Waals surface area contributed by atoms with Crippen LogP contribution < -0.4 is 25.8 Å². The van der Waals surface area contributed by atoms with Gasteiger partial charge in [-0.2, -0.15) is 0 Å². The fourth-order valence-electron chi connectivity index (χ4n) is 4.55. The van der Waals surface area contributed by atoms with E-state index in [1.54, 1.807) is 6.26 Å². The van der Waals surface area contributed by atoms with Crippen molar-refractivity contribution in [1.29, 1.82) is 0 Å². The van der Waals surface area contributed by atoms with Crippen molar-refractivity contribution >= 4 is 33.9 Å². The quantitative estimate of drug-likeness (QED) is 0.222. The summed E-state index contributed by atoms with van der Waals surface area (Å²) < 4.78 is 17.1. The third kappa shape index (κ3) is 5.33. The van der Waals surface area contributed by atoms with E-state index in [-0.39, 0.29) is 0 Å². The second-order valence-corrected chi connectivity index (χ2v) is 8.72. The van der Waals surface area contributed by atoms with Crippen LogP contribution in [0.2, 0.25) is 0 Å². The molecule has 4 aromatic rings. The first-order chi connectivity index (χ1) is 17.9. The van der Waals surface area contributed by atoms with E-state index in [1.807, 2.05) is 52.0 Å². The van der Waals surface area contributed by atoms with Crippen LogP contribution in [-0.4, -0.2) is 24.1 Å². The van der Waals surface area contributed by atoms with Gasteiger partial charge >= 0.3 is 0 Å². The molecule has 0 radical (unpaired) electrons. The molecule has 0 unspecified atom stereocenters. The number of primary amides is 1. The molecular weight excluding hydrogens is 468 g/mol. The van der Waals surface area contributed by atoms with Crippen molar-refractivity contribution in [3.8, 4) is 11.5 Å². The van der Waals surface area contributed by atoms with Gasteiger partial charge in [-0.3, -0.25) is 9.78 Å². The van der Waals surface area contributed by atoms with Crippen LogP contribution in [0.3, 0.4) is 0 Å². The summed E-state index contributed by atoms with van der Waals surface area (Å²) in [5.74, 6) is 1.48. The average molecular weight is 503 g/mol. The number of benzene rings is 2. The number of carbonyl (C=O) groups excluding carboxylic acids is 1. The van der Waals surface area contributed by atoms with Crippen LogP contribution in [0.15, 0.2) is 47.2 Å². The highest BCUT2D eigenvalue weighted by atomic mass is 16.5. The largest absolute Gasteiger partial charge is 0.490 e. The smallest absolute Gasteiger partial charge is 0.252 e. The SMILES string of the molecule is CCOc1cc2ncc(C(N)=O)c(Nc3cccc(CNc4c(C)coc4C)c3CC)c2cc1OCC. The number of nitrogens with two attached hydrogens (primary N) is 1. The van der Waals surface area contributed by atoms with Crippen LogP contribution in [0.5, 0.6) is 11.5 Å². The van der Waals surface area contributed by atoms with Gasteiger partial charge in [0.1, 0.15) is 5.76 Å². The van der Waals surface area contributed by atoms with Gasteiger partial charge < -0.3 is 30.3 Å². The Balaban J connectivity index is 1.78. The predicted molar refractivity (Wildman–Crippen MR) is 147 cm³/mol. The van der Waals surface area contributed by atoms with Gasteiger partial charge in [0.15, 0.2) is 11.5 Å². The van der Waals surface area contributed by atoms with Gasteiger partial charge in [0.2, 0.25) is 0 Å². The van der Waals surface area contributed by atoms with Crippen molar-refractivity contribution in [2.24, 2.45) is 5.73 Å². The van der Waals surface area contributed by atoms with E-state index >= 15 is 0 Å². The van der Waals surface area contributed by atoms with Crippen LogP contribution >= 0.6 is 0 Å². The molecular formula is C29H34N4O4. The number of aryl methyl sites for hydroxylation is 2. The standard InChI is InChI=1S/C29H34N4O4/c1-6-20-19(14-32-27-17(4)16-37-18(27)5)10-9-11-23(20)33-28-21-12-25(35-7-2)26(36-8-3)13-24(21)31-15-22(28)29(30)34/h9-13,15-16,32H,6-8,14H2,1-5H3,(H2,30,34)(H,31,33). The first kappa shape index (κ1) is 25.9. The van der Waals surface area contributed by atoms with Gasteiger partial charge in [0.05, 0.1) is 41.9 Å². The highest BCUT2D eigenvalue weighted by Crippen LogP contribution is 2.38. The van der Waals surface area contributed by atoms with E-state index in [9.17, 15) is 4.79 Å². The third-order valence-electron chi connectivity index (χ3n) is 6.30. The van der Waals surface area contributed by atoms with Gasteiger partial charge in [-0.15, -0.1) is 0 Å². The molecule has 0 saturated heterocycles. The Labute approximate surface area is 217 Å². The van der Waals surface area contributed by atoms with E-state index in [4.69, 9.17) is 19.6 Å². The number of furan rings is 1. The van der Waals surface area contributed by atoms with Gasteiger partial charge in [-0.1, -0.05) is 19.1 Å². The monoisotopic (exact) mass is 502 g/mol. The summed E-state index contributed by atoms with van der Waals surface area (Å²) in [7, 11) is 0. The molecule has 8 nitrogen and oxygen atoms in total. The molecule has 1 amide bonds. The lowest BCUT2D eigenvalue weighted by Gasteiger charge is -2.19. The maximum absolute atomic E-state index is 12.4. The number of fused-ring (bicyclic) bond motifs is 1. The molecule has 0 bridgehead atoms. The van der Waals surface area contributed by atoms with Crippen molar-refractivity contribution < 1.29 is 18.7 Å². The van der Waals surface area contributed by atoms with Crippen LogP contribution in [-0.2, 0) is 13.0 Å². The molecule has 2 heterocycles. The average Bonchev–Trinajstić information content (AvgIpc) is 3.20. The predicted octanol–water partition coefficient (Wildman–Crippen LogP) is 6.26. The number of hydrogen-bond donors (Lipinski definition) is 3. The van der Waals surface area contributed by atoms with E-state index in [2.05, 4.69) is 28.6 Å². The molecule has 37 heavy (non-hydrogen) atoms. The van der Waals surface area contributed by atoms with E-state index < -0.39 is 5.91 Å². The molecule has 0 saturated carbocycles. The van der Waals surface area contributed by atoms with E-state index in [0.717, 1.165) is 45.6 Å². The van der Waals surface area contributed by atoms with Crippen molar-refractivity contribution in [3.05, 3.63) is 70.8 Å². The number of anilines is 3. The van der Waals surface area contributed by atoms with Crippen LogP contribution in [0.4, 0.5) is 17.1 Å². The number of hydrogen-bond acceptors (Lipinski definition) is 7. The number of ether oxygens (including phenoxy) is 2. The Morgan fingerprint density at radius 1 is 1.05 bits per heavy atom. The van der Waals surface area contributed by atoms with Crippen molar-refractivity contribution in [1.82, 2.24) is 4.98 Å². The summed E-state index contributed by atoms with van der Waals surface area (Å²) in [6.07, 6.45) is 4.05. The second kappa shape index (κ2) is 11.2. The van der Waals surface area contributed by atoms with Crippen LogP contribution in [0.1, 0.15) is 53.6 Å². The molecule has 0 aliphatic carbocycles. The number of pyridine rings is 1. The summed E-state index contributed by atoms with van der Waals surface area (Å²) in [4.78, 5) is 16.9. The maximum atomic E-state index is 12.4. The Kier molecular flexibility index (Phi) is 7.86. The molecule has 0 atom stereocenters. The minimum absolute atomic E-state index is 0.300. The molecule has 0 aliphatic heterocycles. The number of rotatable bonds is 11.